The molecule has 0 saturated carbocycles. The molecular formula is C20H19N3O4S. The molecule has 0 spiro atoms. The molecule has 0 heterocycles. The van der Waals surface area contributed by atoms with Crippen molar-refractivity contribution in [2.24, 2.45) is 0 Å². The van der Waals surface area contributed by atoms with Crippen molar-refractivity contribution in [3.8, 4) is 0 Å². The monoisotopic (exact) mass is 397 g/mol. The summed E-state index contributed by atoms with van der Waals surface area (Å²) in [5.74, 6) is -0.540. The highest BCUT2D eigenvalue weighted by Crippen LogP contribution is 2.25. The summed E-state index contributed by atoms with van der Waals surface area (Å²) in [6, 6.07) is 13.5. The number of rotatable bonds is 5. The lowest BCUT2D eigenvalue weighted by Gasteiger charge is -2.15. The second kappa shape index (κ2) is 9.98. The molecule has 0 unspecified atom stereocenters. The van der Waals surface area contributed by atoms with Crippen LogP contribution in [0, 0.1) is 0 Å². The van der Waals surface area contributed by atoms with Gasteiger partial charge in [0.15, 0.2) is 10.9 Å². The number of carbonyl (C=O) groups excluding carboxylic acids is 3. The van der Waals surface area contributed by atoms with Crippen LogP contribution in [0.15, 0.2) is 60.7 Å². The molecule has 2 rings (SSSR count). The summed E-state index contributed by atoms with van der Waals surface area (Å²) in [6.07, 6.45) is 2.21. The average molecular weight is 397 g/mol. The van der Waals surface area contributed by atoms with Gasteiger partial charge in [-0.3, -0.25) is 14.9 Å². The summed E-state index contributed by atoms with van der Waals surface area (Å²) < 4.78 is 4.49. The van der Waals surface area contributed by atoms with Crippen molar-refractivity contribution in [2.75, 3.05) is 17.7 Å². The maximum absolute atomic E-state index is 12.7. The second-order valence-corrected chi connectivity index (χ2v) is 5.92. The fourth-order valence-electron chi connectivity index (χ4n) is 2.28. The van der Waals surface area contributed by atoms with Crippen LogP contribution in [0.3, 0.4) is 0 Å². The fourth-order valence-corrected chi connectivity index (χ4v) is 2.47. The number of ketones is 1. The van der Waals surface area contributed by atoms with Crippen molar-refractivity contribution >= 4 is 46.5 Å². The molecule has 2 amide bonds. The van der Waals surface area contributed by atoms with Crippen molar-refractivity contribution < 1.29 is 19.1 Å². The fraction of sp³-hybridized carbons (Fsp3) is 0.100. The largest absolute Gasteiger partial charge is 0.453 e. The number of amides is 2. The molecule has 0 atom stereocenters. The molecular weight excluding hydrogens is 378 g/mol. The first-order valence-corrected chi connectivity index (χ1v) is 8.69. The molecule has 0 saturated heterocycles. The first-order valence-electron chi connectivity index (χ1n) is 8.28. The summed E-state index contributed by atoms with van der Waals surface area (Å²) >= 11 is 5.07. The lowest BCUT2D eigenvalue weighted by molar-refractivity contribution is -0.111. The van der Waals surface area contributed by atoms with Crippen LogP contribution in [0.1, 0.15) is 22.8 Å². The Morgan fingerprint density at radius 1 is 0.964 bits per heavy atom. The molecule has 0 aromatic heterocycles. The Balaban J connectivity index is 2.35. The van der Waals surface area contributed by atoms with Gasteiger partial charge in [-0.25, -0.2) is 4.79 Å². The van der Waals surface area contributed by atoms with Gasteiger partial charge in [-0.05, 0) is 43.4 Å². The lowest BCUT2D eigenvalue weighted by atomic mass is 10.0. The smallest absolute Gasteiger partial charge is 0.413 e. The molecule has 0 radical (unpaired) electrons. The highest BCUT2D eigenvalue weighted by molar-refractivity contribution is 7.80. The van der Waals surface area contributed by atoms with E-state index in [0.29, 0.717) is 22.5 Å². The van der Waals surface area contributed by atoms with Crippen LogP contribution in [-0.2, 0) is 9.53 Å². The normalized spacial score (nSPS) is 10.2. The first-order chi connectivity index (χ1) is 13.4. The summed E-state index contributed by atoms with van der Waals surface area (Å²) in [5.41, 5.74) is 1.65. The van der Waals surface area contributed by atoms with E-state index in [-0.39, 0.29) is 16.8 Å². The number of methoxy groups -OCH3 is 1. The van der Waals surface area contributed by atoms with E-state index in [1.54, 1.807) is 55.5 Å². The quantitative estimate of drug-likeness (QED) is 0.406. The zero-order chi connectivity index (χ0) is 20.5. The predicted molar refractivity (Wildman–Crippen MR) is 112 cm³/mol. The van der Waals surface area contributed by atoms with Gasteiger partial charge < -0.3 is 15.4 Å². The second-order valence-electron chi connectivity index (χ2n) is 5.52. The maximum atomic E-state index is 12.7. The minimum absolute atomic E-state index is 0.0438. The Kier molecular flexibility index (Phi) is 7.41. The van der Waals surface area contributed by atoms with Gasteiger partial charge in [0.25, 0.3) is 0 Å². The molecule has 2 aromatic carbocycles. The number of thiocarbonyl (C=S) groups is 1. The predicted octanol–water partition coefficient (Wildman–Crippen LogP) is 3.49. The van der Waals surface area contributed by atoms with E-state index in [1.807, 2.05) is 6.07 Å². The number of alkyl carbamates (subject to hydrolysis) is 1. The van der Waals surface area contributed by atoms with Gasteiger partial charge in [-0.2, -0.15) is 0 Å². The number of allylic oxidation sites excluding steroid dienone is 1. The minimum Gasteiger partial charge on any atom is -0.453 e. The summed E-state index contributed by atoms with van der Waals surface area (Å²) in [5, 5.41) is 7.75. The van der Waals surface area contributed by atoms with E-state index < -0.39 is 6.09 Å². The molecule has 144 valence electrons. The molecule has 7 nitrogen and oxygen atoms in total. The number of ether oxygens (including phenoxy) is 1. The van der Waals surface area contributed by atoms with Gasteiger partial charge in [-0.1, -0.05) is 36.4 Å². The Bertz CT molecular complexity index is 926. The third kappa shape index (κ3) is 5.75. The Labute approximate surface area is 167 Å². The van der Waals surface area contributed by atoms with E-state index in [4.69, 9.17) is 12.2 Å². The van der Waals surface area contributed by atoms with Crippen molar-refractivity contribution in [3.63, 3.8) is 0 Å². The summed E-state index contributed by atoms with van der Waals surface area (Å²) in [6.45, 7) is 1.72. The Morgan fingerprint density at radius 2 is 1.68 bits per heavy atom. The maximum Gasteiger partial charge on any atom is 0.413 e. The van der Waals surface area contributed by atoms with Gasteiger partial charge in [0.05, 0.1) is 18.5 Å². The van der Waals surface area contributed by atoms with E-state index in [2.05, 4.69) is 20.7 Å². The van der Waals surface area contributed by atoms with E-state index in [9.17, 15) is 14.4 Å². The van der Waals surface area contributed by atoms with Crippen molar-refractivity contribution in [1.29, 1.82) is 0 Å². The van der Waals surface area contributed by atoms with Crippen LogP contribution in [0.25, 0.3) is 0 Å². The molecule has 2 aromatic rings. The van der Waals surface area contributed by atoms with Gasteiger partial charge in [0, 0.05) is 11.1 Å². The van der Waals surface area contributed by atoms with Crippen LogP contribution in [0.5, 0.6) is 0 Å². The number of anilines is 2. The third-order valence-corrected chi connectivity index (χ3v) is 3.75. The van der Waals surface area contributed by atoms with Gasteiger partial charge >= 0.3 is 6.09 Å². The van der Waals surface area contributed by atoms with Crippen molar-refractivity contribution in [1.82, 2.24) is 5.32 Å². The average Bonchev–Trinajstić information content (AvgIpc) is 2.69. The molecule has 0 aliphatic rings. The van der Waals surface area contributed by atoms with Gasteiger partial charge in [0.1, 0.15) is 0 Å². The van der Waals surface area contributed by atoms with Crippen LogP contribution in [-0.4, -0.2) is 30.0 Å². The Morgan fingerprint density at radius 3 is 2.32 bits per heavy atom. The summed E-state index contributed by atoms with van der Waals surface area (Å²) in [7, 11) is 1.21. The zero-order valence-corrected chi connectivity index (χ0v) is 16.1. The molecule has 0 bridgehead atoms. The van der Waals surface area contributed by atoms with Crippen molar-refractivity contribution in [3.05, 3.63) is 71.8 Å². The van der Waals surface area contributed by atoms with Gasteiger partial charge in [-0.15, -0.1) is 0 Å². The molecule has 8 heteroatoms. The molecule has 3 N–H and O–H groups in total. The third-order valence-electron chi connectivity index (χ3n) is 3.54. The minimum atomic E-state index is -0.742. The lowest BCUT2D eigenvalue weighted by Crippen LogP contribution is -2.34. The van der Waals surface area contributed by atoms with E-state index in [1.165, 1.54) is 13.2 Å². The summed E-state index contributed by atoms with van der Waals surface area (Å²) in [4.78, 5) is 35.9. The van der Waals surface area contributed by atoms with Gasteiger partial charge in [0.2, 0.25) is 5.91 Å². The van der Waals surface area contributed by atoms with E-state index in [0.717, 1.165) is 0 Å². The topological polar surface area (TPSA) is 96.5 Å². The highest BCUT2D eigenvalue weighted by Gasteiger charge is 2.14. The molecule has 0 fully saturated rings. The van der Waals surface area contributed by atoms with Crippen LogP contribution >= 0.6 is 12.2 Å². The molecule has 0 aliphatic heterocycles. The van der Waals surface area contributed by atoms with Crippen LogP contribution < -0.4 is 16.0 Å². The highest BCUT2D eigenvalue weighted by atomic mass is 32.1. The SMILES string of the molecule is CC=CC(=O)Nc1ccc(C(=O)c2ccccc2)cc1NC(=S)NC(=O)OC. The standard InChI is InChI=1S/C20H19N3O4S/c1-3-7-17(24)21-15-11-10-14(18(25)13-8-5-4-6-9-13)12-16(15)22-19(28)23-20(26)27-2/h3-12H,1-2H3,(H,21,24)(H2,22,23,26,28). The number of hydrogen-bond donors (Lipinski definition) is 3. The first kappa shape index (κ1) is 20.8. The number of nitrogens with one attached hydrogen (secondary N) is 3. The number of benzene rings is 2. The number of carbonyl (C=O) groups is 3. The van der Waals surface area contributed by atoms with Crippen LogP contribution in [0.4, 0.5) is 16.2 Å². The van der Waals surface area contributed by atoms with Crippen LogP contribution in [0.2, 0.25) is 0 Å². The zero-order valence-electron chi connectivity index (χ0n) is 15.3. The molecule has 28 heavy (non-hydrogen) atoms. The molecule has 0 aliphatic carbocycles. The van der Waals surface area contributed by atoms with E-state index >= 15 is 0 Å². The number of hydrogen-bond acceptors (Lipinski definition) is 5. The Hall–Kier alpha value is -3.52. The van der Waals surface area contributed by atoms with Crippen molar-refractivity contribution in [2.45, 2.75) is 6.92 Å².